The van der Waals surface area contributed by atoms with Gasteiger partial charge in [0, 0.05) is 0 Å². The molecule has 3 amide bonds. The van der Waals surface area contributed by atoms with Crippen molar-refractivity contribution >= 4 is 23.7 Å². The van der Waals surface area contributed by atoms with Crippen molar-refractivity contribution in [3.05, 3.63) is 0 Å². The molecule has 38 heavy (non-hydrogen) atoms. The second-order valence-corrected chi connectivity index (χ2v) is 11.8. The maximum absolute atomic E-state index is 13.4. The van der Waals surface area contributed by atoms with E-state index in [0.717, 1.165) is 51.4 Å². The average molecular weight is 536 g/mol. The van der Waals surface area contributed by atoms with Crippen molar-refractivity contribution in [2.24, 2.45) is 17.8 Å². The Morgan fingerprint density at radius 3 is 2.13 bits per heavy atom. The number of rotatable bonds is 11. The molecule has 1 aliphatic heterocycles. The fourth-order valence-corrected chi connectivity index (χ4v) is 5.61. The van der Waals surface area contributed by atoms with Gasteiger partial charge in [-0.15, -0.1) is 0 Å². The van der Waals surface area contributed by atoms with Gasteiger partial charge in [0.2, 0.25) is 17.7 Å². The Kier molecular flexibility index (Phi) is 14.2. The summed E-state index contributed by atoms with van der Waals surface area (Å²) in [5.41, 5.74) is 0. The van der Waals surface area contributed by atoms with Gasteiger partial charge in [-0.3, -0.25) is 14.4 Å². The van der Waals surface area contributed by atoms with E-state index in [9.17, 15) is 19.2 Å². The SMILES string of the molecule is CCCCCCCCC(C)C1CC(=O)NC(C2CCCCC2)C(=O)NC(C)C(=O)NC(C(C)CC)C(=O)O1. The number of carbonyl (C=O) groups is 4. The van der Waals surface area contributed by atoms with Crippen LogP contribution in [0, 0.1) is 17.8 Å². The third-order valence-corrected chi connectivity index (χ3v) is 8.54. The molecule has 2 rings (SSSR count). The van der Waals surface area contributed by atoms with Crippen molar-refractivity contribution in [1.29, 1.82) is 0 Å². The Balaban J connectivity index is 2.25. The Labute approximate surface area is 230 Å². The quantitative estimate of drug-likeness (QED) is 0.260. The average Bonchev–Trinajstić information content (AvgIpc) is 2.91. The van der Waals surface area contributed by atoms with E-state index in [1.165, 1.54) is 25.7 Å². The zero-order valence-corrected chi connectivity index (χ0v) is 24.5. The van der Waals surface area contributed by atoms with Crippen molar-refractivity contribution in [2.75, 3.05) is 0 Å². The van der Waals surface area contributed by atoms with Crippen molar-refractivity contribution in [3.8, 4) is 0 Å². The zero-order valence-electron chi connectivity index (χ0n) is 24.5. The van der Waals surface area contributed by atoms with Gasteiger partial charge in [0.05, 0.1) is 6.42 Å². The van der Waals surface area contributed by atoms with Gasteiger partial charge in [0.15, 0.2) is 0 Å². The summed E-state index contributed by atoms with van der Waals surface area (Å²) in [5.74, 6) is -1.70. The van der Waals surface area contributed by atoms with Gasteiger partial charge in [-0.1, -0.05) is 91.9 Å². The highest BCUT2D eigenvalue weighted by Crippen LogP contribution is 2.28. The second-order valence-electron chi connectivity index (χ2n) is 11.8. The first-order chi connectivity index (χ1) is 18.2. The summed E-state index contributed by atoms with van der Waals surface area (Å²) in [6.07, 6.45) is 12.8. The van der Waals surface area contributed by atoms with Crippen LogP contribution in [0.25, 0.3) is 0 Å². The molecule has 1 aliphatic carbocycles. The third-order valence-electron chi connectivity index (χ3n) is 8.54. The van der Waals surface area contributed by atoms with Crippen LogP contribution >= 0.6 is 0 Å². The van der Waals surface area contributed by atoms with E-state index in [2.05, 4.69) is 22.9 Å². The van der Waals surface area contributed by atoms with Gasteiger partial charge in [0.25, 0.3) is 0 Å². The summed E-state index contributed by atoms with van der Waals surface area (Å²) < 4.78 is 6.00. The van der Waals surface area contributed by atoms with Crippen LogP contribution in [0.1, 0.15) is 125 Å². The number of cyclic esters (lactones) is 1. The monoisotopic (exact) mass is 535 g/mol. The largest absolute Gasteiger partial charge is 0.460 e. The van der Waals surface area contributed by atoms with E-state index < -0.39 is 36.1 Å². The molecule has 1 saturated carbocycles. The van der Waals surface area contributed by atoms with Crippen molar-refractivity contribution in [3.63, 3.8) is 0 Å². The summed E-state index contributed by atoms with van der Waals surface area (Å²) in [6.45, 7) is 9.69. The van der Waals surface area contributed by atoms with Crippen LogP contribution in [0.5, 0.6) is 0 Å². The first-order valence-electron chi connectivity index (χ1n) is 15.3. The highest BCUT2D eigenvalue weighted by atomic mass is 16.5. The molecule has 218 valence electrons. The maximum Gasteiger partial charge on any atom is 0.329 e. The lowest BCUT2D eigenvalue weighted by molar-refractivity contribution is -0.158. The second kappa shape index (κ2) is 16.8. The Bertz CT molecular complexity index is 767. The highest BCUT2D eigenvalue weighted by molar-refractivity contribution is 5.94. The van der Waals surface area contributed by atoms with E-state index in [1.807, 2.05) is 20.8 Å². The smallest absolute Gasteiger partial charge is 0.329 e. The van der Waals surface area contributed by atoms with Crippen LogP contribution in [0.4, 0.5) is 0 Å². The highest BCUT2D eigenvalue weighted by Gasteiger charge is 2.37. The molecule has 6 atom stereocenters. The summed E-state index contributed by atoms with van der Waals surface area (Å²) >= 11 is 0. The maximum atomic E-state index is 13.4. The van der Waals surface area contributed by atoms with Gasteiger partial charge < -0.3 is 20.7 Å². The number of esters is 1. The molecule has 0 radical (unpaired) electrons. The number of ether oxygens (including phenoxy) is 1. The fourth-order valence-electron chi connectivity index (χ4n) is 5.61. The minimum atomic E-state index is -0.840. The number of hydrogen-bond donors (Lipinski definition) is 3. The minimum absolute atomic E-state index is 0.00989. The van der Waals surface area contributed by atoms with E-state index >= 15 is 0 Å². The number of unbranched alkanes of at least 4 members (excludes halogenated alkanes) is 5. The topological polar surface area (TPSA) is 114 Å². The molecule has 2 aliphatic rings. The van der Waals surface area contributed by atoms with E-state index in [4.69, 9.17) is 4.74 Å². The van der Waals surface area contributed by atoms with Gasteiger partial charge in [0.1, 0.15) is 24.2 Å². The molecule has 0 aromatic carbocycles. The summed E-state index contributed by atoms with van der Waals surface area (Å²) in [4.78, 5) is 53.0. The summed E-state index contributed by atoms with van der Waals surface area (Å²) in [7, 11) is 0. The Hall–Kier alpha value is -2.12. The zero-order chi connectivity index (χ0) is 28.1. The molecule has 2 fully saturated rings. The number of nitrogens with one attached hydrogen (secondary N) is 3. The lowest BCUT2D eigenvalue weighted by Gasteiger charge is -2.31. The van der Waals surface area contributed by atoms with Crippen LogP contribution in [0.3, 0.4) is 0 Å². The first kappa shape index (κ1) is 32.1. The number of amides is 3. The van der Waals surface area contributed by atoms with Crippen LogP contribution in [0.2, 0.25) is 0 Å². The van der Waals surface area contributed by atoms with E-state index in [1.54, 1.807) is 6.92 Å². The third kappa shape index (κ3) is 10.2. The number of carbonyl (C=O) groups excluding carboxylic acids is 4. The van der Waals surface area contributed by atoms with Crippen LogP contribution in [-0.2, 0) is 23.9 Å². The lowest BCUT2D eigenvalue weighted by atomic mass is 9.83. The fraction of sp³-hybridized carbons (Fsp3) is 0.867. The molecular formula is C30H53N3O5. The predicted molar refractivity (Wildman–Crippen MR) is 149 cm³/mol. The van der Waals surface area contributed by atoms with Crippen molar-refractivity contribution < 1.29 is 23.9 Å². The molecule has 1 heterocycles. The normalized spacial score (nSPS) is 28.0. The predicted octanol–water partition coefficient (Wildman–Crippen LogP) is 4.79. The summed E-state index contributed by atoms with van der Waals surface area (Å²) in [5, 5.41) is 8.59. The van der Waals surface area contributed by atoms with Crippen LogP contribution < -0.4 is 16.0 Å². The van der Waals surface area contributed by atoms with Crippen molar-refractivity contribution in [2.45, 2.75) is 149 Å². The minimum Gasteiger partial charge on any atom is -0.460 e. The molecular weight excluding hydrogens is 482 g/mol. The molecule has 8 heteroatoms. The standard InChI is InChI=1S/C30H53N3O5/c1-6-8-9-10-11-13-16-21(4)24-19-25(34)32-27(23-17-14-12-15-18-23)29(36)31-22(5)28(35)33-26(20(3)7-2)30(37)38-24/h20-24,26-27H,6-19H2,1-5H3,(H,31,36)(H,32,34)(H,33,35). The summed E-state index contributed by atoms with van der Waals surface area (Å²) in [6, 6.07) is -2.38. The van der Waals surface area contributed by atoms with Gasteiger partial charge >= 0.3 is 5.97 Å². The van der Waals surface area contributed by atoms with E-state index in [-0.39, 0.29) is 36.0 Å². The first-order valence-corrected chi connectivity index (χ1v) is 15.3. The van der Waals surface area contributed by atoms with Gasteiger partial charge in [-0.25, -0.2) is 4.79 Å². The molecule has 0 spiro atoms. The van der Waals surface area contributed by atoms with Crippen molar-refractivity contribution in [1.82, 2.24) is 16.0 Å². The molecule has 6 unspecified atom stereocenters. The van der Waals surface area contributed by atoms with Gasteiger partial charge in [-0.2, -0.15) is 0 Å². The lowest BCUT2D eigenvalue weighted by Crippen LogP contribution is -2.57. The Morgan fingerprint density at radius 1 is 0.816 bits per heavy atom. The molecule has 0 aromatic rings. The molecule has 0 bridgehead atoms. The molecule has 8 nitrogen and oxygen atoms in total. The Morgan fingerprint density at radius 2 is 1.47 bits per heavy atom. The molecule has 0 aromatic heterocycles. The van der Waals surface area contributed by atoms with Crippen LogP contribution in [-0.4, -0.2) is 47.9 Å². The molecule has 1 saturated heterocycles. The van der Waals surface area contributed by atoms with Gasteiger partial charge in [-0.05, 0) is 43.9 Å². The van der Waals surface area contributed by atoms with Crippen LogP contribution in [0.15, 0.2) is 0 Å². The van der Waals surface area contributed by atoms with E-state index in [0.29, 0.717) is 6.42 Å². The molecule has 3 N–H and O–H groups in total. The number of hydrogen-bond acceptors (Lipinski definition) is 5.